The third-order valence-electron chi connectivity index (χ3n) is 5.77. The summed E-state index contributed by atoms with van der Waals surface area (Å²) in [4.78, 5) is 13.5. The highest BCUT2D eigenvalue weighted by atomic mass is 16.1. The Morgan fingerprint density at radius 3 is 1.16 bits per heavy atom. The molecule has 0 unspecified atom stereocenters. The highest BCUT2D eigenvalue weighted by molar-refractivity contribution is 5.91. The quantitative estimate of drug-likeness (QED) is 0.549. The van der Waals surface area contributed by atoms with Gasteiger partial charge in [-0.1, -0.05) is 62.3 Å². The summed E-state index contributed by atoms with van der Waals surface area (Å²) >= 11 is 0. The molecular formula is C18H36O. The van der Waals surface area contributed by atoms with Crippen molar-refractivity contribution in [2.45, 2.75) is 81.6 Å². The standard InChI is InChI=1S/C18H36O/c1-10-17(11-2,12-3)16(19)18(13(4)5,14(6)7)15(8)9/h13-15H,10-12H2,1-9H3. The average Bonchev–Trinajstić information content (AvgIpc) is 2.31. The van der Waals surface area contributed by atoms with Crippen LogP contribution in [0.25, 0.3) is 0 Å². The lowest BCUT2D eigenvalue weighted by Crippen LogP contribution is -2.52. The van der Waals surface area contributed by atoms with Gasteiger partial charge < -0.3 is 0 Å². The molecule has 19 heavy (non-hydrogen) atoms. The number of carbonyl (C=O) groups excluding carboxylic acids is 1. The summed E-state index contributed by atoms with van der Waals surface area (Å²) in [6.45, 7) is 19.9. The maximum atomic E-state index is 13.5. The Labute approximate surface area is 121 Å². The van der Waals surface area contributed by atoms with Gasteiger partial charge >= 0.3 is 0 Å². The molecule has 0 aromatic carbocycles. The molecule has 114 valence electrons. The minimum atomic E-state index is -0.192. The van der Waals surface area contributed by atoms with Crippen LogP contribution in [-0.4, -0.2) is 5.78 Å². The van der Waals surface area contributed by atoms with Gasteiger partial charge in [0.2, 0.25) is 0 Å². The molecule has 0 aliphatic carbocycles. The SMILES string of the molecule is CCC(CC)(CC)C(=O)C(C(C)C)(C(C)C)C(C)C. The highest BCUT2D eigenvalue weighted by Crippen LogP contribution is 2.50. The maximum Gasteiger partial charge on any atom is 0.145 e. The second-order valence-corrected chi connectivity index (χ2v) is 7.07. The van der Waals surface area contributed by atoms with Crippen LogP contribution in [0.15, 0.2) is 0 Å². The molecule has 0 spiro atoms. The molecular weight excluding hydrogens is 232 g/mol. The van der Waals surface area contributed by atoms with Crippen molar-refractivity contribution in [3.8, 4) is 0 Å². The van der Waals surface area contributed by atoms with Gasteiger partial charge in [-0.3, -0.25) is 4.79 Å². The molecule has 0 radical (unpaired) electrons. The van der Waals surface area contributed by atoms with Crippen molar-refractivity contribution >= 4 is 5.78 Å². The summed E-state index contributed by atoms with van der Waals surface area (Å²) in [5.74, 6) is 1.70. The van der Waals surface area contributed by atoms with Crippen molar-refractivity contribution in [3.63, 3.8) is 0 Å². The van der Waals surface area contributed by atoms with E-state index in [1.807, 2.05) is 0 Å². The van der Waals surface area contributed by atoms with Crippen LogP contribution in [0.2, 0.25) is 0 Å². The van der Waals surface area contributed by atoms with Crippen molar-refractivity contribution in [1.29, 1.82) is 0 Å². The zero-order valence-corrected chi connectivity index (χ0v) is 14.8. The first kappa shape index (κ1) is 18.7. The molecule has 0 N–H and O–H groups in total. The van der Waals surface area contributed by atoms with Gasteiger partial charge in [-0.25, -0.2) is 0 Å². The van der Waals surface area contributed by atoms with Crippen molar-refractivity contribution in [2.24, 2.45) is 28.6 Å². The fourth-order valence-electron chi connectivity index (χ4n) is 4.48. The predicted octanol–water partition coefficient (Wildman–Crippen LogP) is 5.73. The number of hydrogen-bond donors (Lipinski definition) is 0. The van der Waals surface area contributed by atoms with Gasteiger partial charge in [-0.15, -0.1) is 0 Å². The molecule has 0 atom stereocenters. The van der Waals surface area contributed by atoms with Crippen LogP contribution in [-0.2, 0) is 4.79 Å². The molecule has 0 rings (SSSR count). The Morgan fingerprint density at radius 2 is 1.00 bits per heavy atom. The molecule has 0 saturated heterocycles. The molecule has 0 amide bonds. The minimum absolute atomic E-state index is 0.126. The molecule has 1 nitrogen and oxygen atoms in total. The molecule has 0 saturated carbocycles. The number of Topliss-reactive ketones (excluding diaryl/α,β-unsaturated/α-hetero) is 1. The van der Waals surface area contributed by atoms with Crippen molar-refractivity contribution < 1.29 is 4.79 Å². The van der Waals surface area contributed by atoms with Crippen molar-refractivity contribution in [3.05, 3.63) is 0 Å². The molecule has 0 aromatic heterocycles. The Morgan fingerprint density at radius 1 is 0.737 bits per heavy atom. The Bertz CT molecular complexity index is 252. The lowest BCUT2D eigenvalue weighted by Gasteiger charge is -2.49. The molecule has 0 aromatic rings. The van der Waals surface area contributed by atoms with E-state index in [1.165, 1.54) is 0 Å². The summed E-state index contributed by atoms with van der Waals surface area (Å²) in [6.07, 6.45) is 2.90. The fraction of sp³-hybridized carbons (Fsp3) is 0.944. The van der Waals surface area contributed by atoms with Crippen molar-refractivity contribution in [2.75, 3.05) is 0 Å². The summed E-state index contributed by atoms with van der Waals surface area (Å²) < 4.78 is 0. The van der Waals surface area contributed by atoms with Crippen LogP contribution < -0.4 is 0 Å². The number of hydrogen-bond acceptors (Lipinski definition) is 1. The molecule has 0 aliphatic rings. The third-order valence-corrected chi connectivity index (χ3v) is 5.77. The topological polar surface area (TPSA) is 17.1 Å². The average molecular weight is 268 g/mol. The lowest BCUT2D eigenvalue weighted by molar-refractivity contribution is -0.151. The first-order valence-corrected chi connectivity index (χ1v) is 8.22. The van der Waals surface area contributed by atoms with E-state index in [9.17, 15) is 4.79 Å². The smallest absolute Gasteiger partial charge is 0.145 e. The summed E-state index contributed by atoms with van der Waals surface area (Å²) in [5.41, 5.74) is -0.319. The molecule has 0 fully saturated rings. The number of carbonyl (C=O) groups is 1. The van der Waals surface area contributed by atoms with Crippen LogP contribution in [0.3, 0.4) is 0 Å². The summed E-state index contributed by atoms with van der Waals surface area (Å²) in [7, 11) is 0. The molecule has 0 bridgehead atoms. The largest absolute Gasteiger partial charge is 0.298 e. The second kappa shape index (κ2) is 6.90. The number of rotatable bonds is 8. The van der Waals surface area contributed by atoms with Gasteiger partial charge in [0.1, 0.15) is 5.78 Å². The fourth-order valence-corrected chi connectivity index (χ4v) is 4.48. The van der Waals surface area contributed by atoms with Crippen LogP contribution in [0.4, 0.5) is 0 Å². The summed E-state index contributed by atoms with van der Waals surface area (Å²) in [6, 6.07) is 0. The van der Waals surface area contributed by atoms with E-state index in [0.29, 0.717) is 23.5 Å². The second-order valence-electron chi connectivity index (χ2n) is 7.07. The van der Waals surface area contributed by atoms with Gasteiger partial charge in [0.25, 0.3) is 0 Å². The van der Waals surface area contributed by atoms with E-state index >= 15 is 0 Å². The van der Waals surface area contributed by atoms with Crippen LogP contribution >= 0.6 is 0 Å². The van der Waals surface area contributed by atoms with E-state index in [0.717, 1.165) is 19.3 Å². The predicted molar refractivity (Wildman–Crippen MR) is 85.3 cm³/mol. The third kappa shape index (κ3) is 2.90. The van der Waals surface area contributed by atoms with E-state index in [4.69, 9.17) is 0 Å². The Kier molecular flexibility index (Phi) is 6.78. The van der Waals surface area contributed by atoms with E-state index in [-0.39, 0.29) is 10.8 Å². The molecule has 0 heterocycles. The van der Waals surface area contributed by atoms with E-state index < -0.39 is 0 Å². The van der Waals surface area contributed by atoms with Gasteiger partial charge in [-0.2, -0.15) is 0 Å². The Balaban J connectivity index is 5.95. The van der Waals surface area contributed by atoms with Crippen LogP contribution in [0.1, 0.15) is 81.6 Å². The van der Waals surface area contributed by atoms with Crippen molar-refractivity contribution in [1.82, 2.24) is 0 Å². The van der Waals surface area contributed by atoms with Gasteiger partial charge in [0.15, 0.2) is 0 Å². The zero-order valence-electron chi connectivity index (χ0n) is 14.8. The first-order valence-electron chi connectivity index (χ1n) is 8.22. The monoisotopic (exact) mass is 268 g/mol. The van der Waals surface area contributed by atoms with E-state index in [2.05, 4.69) is 62.3 Å². The number of ketones is 1. The molecule has 0 aliphatic heterocycles. The van der Waals surface area contributed by atoms with Gasteiger partial charge in [0, 0.05) is 10.8 Å². The lowest BCUT2D eigenvalue weighted by atomic mass is 9.53. The van der Waals surface area contributed by atoms with E-state index in [1.54, 1.807) is 0 Å². The highest BCUT2D eigenvalue weighted by Gasteiger charge is 2.52. The minimum Gasteiger partial charge on any atom is -0.298 e. The van der Waals surface area contributed by atoms with Crippen LogP contribution in [0.5, 0.6) is 0 Å². The Hall–Kier alpha value is -0.330. The van der Waals surface area contributed by atoms with Gasteiger partial charge in [0.05, 0.1) is 0 Å². The summed E-state index contributed by atoms with van der Waals surface area (Å²) in [5, 5.41) is 0. The maximum absolute atomic E-state index is 13.5. The normalized spacial score (nSPS) is 13.7. The molecule has 1 heteroatoms. The first-order chi connectivity index (χ1) is 8.67. The van der Waals surface area contributed by atoms with Crippen LogP contribution in [0, 0.1) is 28.6 Å². The zero-order chi connectivity index (χ0) is 15.4. The van der Waals surface area contributed by atoms with Gasteiger partial charge in [-0.05, 0) is 37.0 Å².